The summed E-state index contributed by atoms with van der Waals surface area (Å²) >= 11 is 0. The summed E-state index contributed by atoms with van der Waals surface area (Å²) < 4.78 is 100. The molecule has 0 heterocycles. The van der Waals surface area contributed by atoms with Gasteiger partial charge in [-0.1, -0.05) is 37.6 Å². The molecule has 3 aromatic carbocycles. The molecule has 0 bridgehead atoms. The van der Waals surface area contributed by atoms with Gasteiger partial charge in [-0.25, -0.2) is 17.6 Å². The summed E-state index contributed by atoms with van der Waals surface area (Å²) in [6, 6.07) is 11.9. The van der Waals surface area contributed by atoms with E-state index in [4.69, 9.17) is 0 Å². The molecule has 1 nitrogen and oxygen atoms in total. The fourth-order valence-corrected chi connectivity index (χ4v) is 6.84. The van der Waals surface area contributed by atoms with Crippen LogP contribution in [0, 0.1) is 29.2 Å². The zero-order chi connectivity index (χ0) is 30.0. The van der Waals surface area contributed by atoms with Crippen molar-refractivity contribution in [1.29, 1.82) is 0 Å². The molecule has 0 aromatic heterocycles. The molecule has 1 saturated carbocycles. The van der Waals surface area contributed by atoms with Crippen LogP contribution < -0.4 is 4.74 Å². The largest absolute Gasteiger partial charge is 0.573 e. The van der Waals surface area contributed by atoms with Crippen molar-refractivity contribution in [2.45, 2.75) is 95.8 Å². The quantitative estimate of drug-likeness (QED) is 0.237. The number of halogens is 7. The number of hydrogen-bond acceptors (Lipinski definition) is 1. The van der Waals surface area contributed by atoms with Crippen LogP contribution in [0.15, 0.2) is 42.5 Å². The van der Waals surface area contributed by atoms with Gasteiger partial charge in [-0.3, -0.25) is 0 Å². The van der Waals surface area contributed by atoms with E-state index in [2.05, 4.69) is 35.9 Å². The molecule has 2 aliphatic carbocycles. The number of alkyl halides is 3. The lowest BCUT2D eigenvalue weighted by Gasteiger charge is -2.32. The zero-order valence-corrected chi connectivity index (χ0v) is 23.6. The molecule has 8 heteroatoms. The van der Waals surface area contributed by atoms with Gasteiger partial charge in [0.1, 0.15) is 11.6 Å². The molecule has 1 fully saturated rings. The van der Waals surface area contributed by atoms with E-state index < -0.39 is 35.4 Å². The lowest BCUT2D eigenvalue weighted by atomic mass is 9.74. The predicted octanol–water partition coefficient (Wildman–Crippen LogP) is 10.3. The average Bonchev–Trinajstić information content (AvgIpc) is 2.94. The molecule has 0 N–H and O–H groups in total. The standard InChI is InChI=1S/C34H35F7O/c1-2-3-20-4-6-21(7-5-20)8-9-22-10-15-27-26(16-22)19-28(35)31(32(27)38)24-13-11-23(12-14-24)25-17-29(36)33(30(37)18-25)42-34(39,40)41/h4-7,17-19,22-24H,2-3,8-16H2,1H3. The maximum Gasteiger partial charge on any atom is 0.573 e. The Kier molecular flexibility index (Phi) is 9.19. The molecule has 2 aliphatic rings. The van der Waals surface area contributed by atoms with E-state index in [0.29, 0.717) is 50.0 Å². The van der Waals surface area contributed by atoms with Gasteiger partial charge in [0.15, 0.2) is 11.6 Å². The summed E-state index contributed by atoms with van der Waals surface area (Å²) in [7, 11) is 0. The van der Waals surface area contributed by atoms with Crippen LogP contribution in [-0.2, 0) is 25.7 Å². The highest BCUT2D eigenvalue weighted by Gasteiger charge is 2.35. The van der Waals surface area contributed by atoms with E-state index in [9.17, 15) is 22.0 Å². The van der Waals surface area contributed by atoms with Crippen molar-refractivity contribution in [2.24, 2.45) is 5.92 Å². The zero-order valence-electron chi connectivity index (χ0n) is 23.6. The normalized spacial score (nSPS) is 20.8. The lowest BCUT2D eigenvalue weighted by Crippen LogP contribution is -2.21. The minimum Gasteiger partial charge on any atom is -0.399 e. The van der Waals surface area contributed by atoms with Gasteiger partial charge in [0.2, 0.25) is 5.75 Å². The highest BCUT2D eigenvalue weighted by molar-refractivity contribution is 5.40. The maximum atomic E-state index is 15.7. The Morgan fingerprint density at radius 1 is 0.762 bits per heavy atom. The Hall–Kier alpha value is -3.03. The van der Waals surface area contributed by atoms with Crippen LogP contribution in [0.1, 0.15) is 97.1 Å². The SMILES string of the molecule is CCCc1ccc(CCC2CCc3c(cc(F)c(C4CCC(c5cc(F)c(OC(F)(F)F)c(F)c5)CC4)c3F)C2)cc1. The van der Waals surface area contributed by atoms with Crippen LogP contribution in [0.2, 0.25) is 0 Å². The first kappa shape index (κ1) is 30.4. The van der Waals surface area contributed by atoms with E-state index >= 15 is 8.78 Å². The first-order valence-corrected chi connectivity index (χ1v) is 14.8. The number of aryl methyl sites for hydroxylation is 2. The van der Waals surface area contributed by atoms with E-state index in [1.807, 2.05) is 0 Å². The lowest BCUT2D eigenvalue weighted by molar-refractivity contribution is -0.276. The summed E-state index contributed by atoms with van der Waals surface area (Å²) in [5, 5.41) is 0. The second-order valence-electron chi connectivity index (χ2n) is 11.8. The predicted molar refractivity (Wildman–Crippen MR) is 148 cm³/mol. The van der Waals surface area contributed by atoms with Crippen molar-refractivity contribution < 1.29 is 35.5 Å². The van der Waals surface area contributed by atoms with Crippen molar-refractivity contribution in [3.05, 3.63) is 99.1 Å². The van der Waals surface area contributed by atoms with Gasteiger partial charge in [0.25, 0.3) is 0 Å². The van der Waals surface area contributed by atoms with Gasteiger partial charge < -0.3 is 4.74 Å². The topological polar surface area (TPSA) is 9.23 Å². The first-order chi connectivity index (χ1) is 20.0. The molecule has 42 heavy (non-hydrogen) atoms. The maximum absolute atomic E-state index is 15.7. The summed E-state index contributed by atoms with van der Waals surface area (Å²) in [5.41, 5.74) is 4.25. The number of ether oxygens (including phenoxy) is 1. The van der Waals surface area contributed by atoms with E-state index in [1.165, 1.54) is 17.2 Å². The van der Waals surface area contributed by atoms with E-state index in [1.54, 1.807) is 0 Å². The summed E-state index contributed by atoms with van der Waals surface area (Å²) in [4.78, 5) is 0. The van der Waals surface area contributed by atoms with Gasteiger partial charge in [0, 0.05) is 5.56 Å². The van der Waals surface area contributed by atoms with Crippen molar-refractivity contribution in [3.8, 4) is 5.75 Å². The average molecular weight is 593 g/mol. The van der Waals surface area contributed by atoms with Gasteiger partial charge in [0.05, 0.1) is 0 Å². The van der Waals surface area contributed by atoms with Gasteiger partial charge in [-0.05, 0) is 128 Å². The molecule has 226 valence electrons. The second-order valence-corrected chi connectivity index (χ2v) is 11.8. The molecule has 5 rings (SSSR count). The Morgan fingerprint density at radius 3 is 1.95 bits per heavy atom. The number of benzene rings is 3. The van der Waals surface area contributed by atoms with Crippen LogP contribution in [0.4, 0.5) is 30.7 Å². The Bertz CT molecular complexity index is 1370. The minimum atomic E-state index is -5.22. The second kappa shape index (κ2) is 12.7. The van der Waals surface area contributed by atoms with Gasteiger partial charge in [-0.15, -0.1) is 13.2 Å². The molecule has 0 amide bonds. The smallest absolute Gasteiger partial charge is 0.399 e. The van der Waals surface area contributed by atoms with Crippen LogP contribution >= 0.6 is 0 Å². The van der Waals surface area contributed by atoms with E-state index in [-0.39, 0.29) is 23.0 Å². The molecule has 0 aliphatic heterocycles. The molecular weight excluding hydrogens is 557 g/mol. The van der Waals surface area contributed by atoms with E-state index in [0.717, 1.165) is 49.8 Å². The Morgan fingerprint density at radius 2 is 1.36 bits per heavy atom. The van der Waals surface area contributed by atoms with Gasteiger partial charge in [-0.2, -0.15) is 0 Å². The van der Waals surface area contributed by atoms with Crippen molar-refractivity contribution in [3.63, 3.8) is 0 Å². The highest BCUT2D eigenvalue weighted by Crippen LogP contribution is 2.45. The third kappa shape index (κ3) is 6.95. The number of fused-ring (bicyclic) bond motifs is 1. The summed E-state index contributed by atoms with van der Waals surface area (Å²) in [6.45, 7) is 2.16. The van der Waals surface area contributed by atoms with Gasteiger partial charge >= 0.3 is 6.36 Å². The van der Waals surface area contributed by atoms with Crippen molar-refractivity contribution in [1.82, 2.24) is 0 Å². The van der Waals surface area contributed by atoms with Crippen LogP contribution in [0.5, 0.6) is 5.75 Å². The fourth-order valence-electron chi connectivity index (χ4n) is 6.84. The highest BCUT2D eigenvalue weighted by atomic mass is 19.4. The van der Waals surface area contributed by atoms with Crippen LogP contribution in [-0.4, -0.2) is 6.36 Å². The Labute approximate surface area is 242 Å². The number of hydrogen-bond donors (Lipinski definition) is 0. The molecule has 1 atom stereocenters. The monoisotopic (exact) mass is 592 g/mol. The molecule has 3 aromatic rings. The minimum absolute atomic E-state index is 0.0871. The molecular formula is C34H35F7O. The molecule has 0 saturated heterocycles. The van der Waals surface area contributed by atoms with Crippen molar-refractivity contribution in [2.75, 3.05) is 0 Å². The first-order valence-electron chi connectivity index (χ1n) is 14.8. The number of rotatable bonds is 8. The fraction of sp³-hybridized carbons (Fsp3) is 0.471. The summed E-state index contributed by atoms with van der Waals surface area (Å²) in [5.74, 6) is -5.71. The third-order valence-corrected chi connectivity index (χ3v) is 9.01. The van der Waals surface area contributed by atoms with Crippen LogP contribution in [0.3, 0.4) is 0 Å². The molecule has 1 unspecified atom stereocenters. The van der Waals surface area contributed by atoms with Crippen LogP contribution in [0.25, 0.3) is 0 Å². The Balaban J connectivity index is 1.22. The summed E-state index contributed by atoms with van der Waals surface area (Å²) in [6.07, 6.45) is 2.54. The molecule has 0 radical (unpaired) electrons. The third-order valence-electron chi connectivity index (χ3n) is 9.01. The van der Waals surface area contributed by atoms with Crippen molar-refractivity contribution >= 4 is 0 Å². The molecule has 0 spiro atoms.